The van der Waals surface area contributed by atoms with Crippen LogP contribution in [0.1, 0.15) is 16.8 Å². The summed E-state index contributed by atoms with van der Waals surface area (Å²) in [5.74, 6) is 0.776. The summed E-state index contributed by atoms with van der Waals surface area (Å²) in [6.45, 7) is 4.60. The van der Waals surface area contributed by atoms with Gasteiger partial charge in [-0.25, -0.2) is 9.97 Å². The molecule has 0 radical (unpaired) electrons. The highest BCUT2D eigenvalue weighted by molar-refractivity contribution is 5.84. The zero-order valence-electron chi connectivity index (χ0n) is 12.0. The quantitative estimate of drug-likeness (QED) is 0.776. The van der Waals surface area contributed by atoms with Crippen LogP contribution in [0, 0.1) is 13.8 Å². The summed E-state index contributed by atoms with van der Waals surface area (Å²) in [6.07, 6.45) is 2.04. The molecule has 2 N–H and O–H groups in total. The van der Waals surface area contributed by atoms with E-state index in [0.29, 0.717) is 6.54 Å². The van der Waals surface area contributed by atoms with E-state index in [1.165, 1.54) is 5.56 Å². The van der Waals surface area contributed by atoms with Crippen molar-refractivity contribution in [2.24, 2.45) is 12.8 Å². The first-order valence-electron chi connectivity index (χ1n) is 6.70. The molecule has 2 heterocycles. The fraction of sp³-hybridized carbons (Fsp3) is 0.250. The molecule has 1 aromatic carbocycles. The summed E-state index contributed by atoms with van der Waals surface area (Å²) in [5, 5.41) is 1.08. The summed E-state index contributed by atoms with van der Waals surface area (Å²) in [4.78, 5) is 9.41. The number of hydrogen-bond acceptors (Lipinski definition) is 3. The maximum Gasteiger partial charge on any atom is 0.162 e. The molecule has 4 heteroatoms. The normalized spacial score (nSPS) is 11.2. The Morgan fingerprint density at radius 3 is 2.60 bits per heavy atom. The van der Waals surface area contributed by atoms with Crippen molar-refractivity contribution in [1.82, 2.24) is 14.5 Å². The molecule has 3 aromatic rings. The van der Waals surface area contributed by atoms with Gasteiger partial charge in [0.2, 0.25) is 0 Å². The van der Waals surface area contributed by atoms with Crippen LogP contribution in [0.4, 0.5) is 0 Å². The molecule has 0 aliphatic heterocycles. The third-order valence-electron chi connectivity index (χ3n) is 3.68. The van der Waals surface area contributed by atoms with Gasteiger partial charge in [0.1, 0.15) is 5.65 Å². The molecular formula is C16H18N4. The summed E-state index contributed by atoms with van der Waals surface area (Å²) >= 11 is 0. The lowest BCUT2D eigenvalue weighted by Crippen LogP contribution is -1.99. The first kappa shape index (κ1) is 12.8. The van der Waals surface area contributed by atoms with Crippen molar-refractivity contribution in [2.45, 2.75) is 20.4 Å². The molecule has 0 atom stereocenters. The average Bonchev–Trinajstić information content (AvgIpc) is 2.76. The van der Waals surface area contributed by atoms with E-state index in [1.54, 1.807) is 0 Å². The second-order valence-corrected chi connectivity index (χ2v) is 5.12. The lowest BCUT2D eigenvalue weighted by Gasteiger charge is -2.07. The highest BCUT2D eigenvalue weighted by atomic mass is 15.0. The fourth-order valence-corrected chi connectivity index (χ4v) is 2.65. The van der Waals surface area contributed by atoms with Crippen LogP contribution in [-0.4, -0.2) is 14.5 Å². The van der Waals surface area contributed by atoms with Crippen LogP contribution in [0.25, 0.3) is 22.4 Å². The summed E-state index contributed by atoms with van der Waals surface area (Å²) < 4.78 is 2.02. The molecule has 20 heavy (non-hydrogen) atoms. The van der Waals surface area contributed by atoms with Crippen molar-refractivity contribution in [3.63, 3.8) is 0 Å². The number of fused-ring (bicyclic) bond motifs is 1. The molecule has 0 unspecified atom stereocenters. The minimum atomic E-state index is 0.505. The Labute approximate surface area is 118 Å². The molecule has 0 bridgehead atoms. The van der Waals surface area contributed by atoms with Crippen molar-refractivity contribution in [1.29, 1.82) is 0 Å². The van der Waals surface area contributed by atoms with Crippen LogP contribution < -0.4 is 5.73 Å². The Morgan fingerprint density at radius 2 is 1.90 bits per heavy atom. The molecule has 0 fully saturated rings. The van der Waals surface area contributed by atoms with Gasteiger partial charge in [-0.05, 0) is 25.0 Å². The third-order valence-corrected chi connectivity index (χ3v) is 3.68. The lowest BCUT2D eigenvalue weighted by atomic mass is 10.1. The van der Waals surface area contributed by atoms with Crippen LogP contribution in [0.5, 0.6) is 0 Å². The van der Waals surface area contributed by atoms with Gasteiger partial charge in [0.25, 0.3) is 0 Å². The zero-order valence-corrected chi connectivity index (χ0v) is 12.0. The molecule has 0 aliphatic rings. The number of hydrogen-bond donors (Lipinski definition) is 1. The predicted octanol–water partition coefficient (Wildman–Crippen LogP) is 2.71. The molecule has 0 spiro atoms. The number of nitrogens with two attached hydrogens (primary N) is 1. The van der Waals surface area contributed by atoms with Crippen molar-refractivity contribution < 1.29 is 0 Å². The standard InChI is InChI=1S/C16H18N4/c1-10-6-4-5-7-13(10)15-18-11(2)14-12(8-17)9-20(3)16(14)19-15/h4-7,9H,8,17H2,1-3H3. The van der Waals surface area contributed by atoms with E-state index in [0.717, 1.165) is 33.7 Å². The predicted molar refractivity (Wildman–Crippen MR) is 81.3 cm³/mol. The molecule has 0 saturated heterocycles. The molecule has 102 valence electrons. The Balaban J connectivity index is 2.30. The minimum Gasteiger partial charge on any atom is -0.335 e. The topological polar surface area (TPSA) is 56.7 Å². The number of nitrogens with zero attached hydrogens (tertiary/aromatic N) is 3. The second kappa shape index (κ2) is 4.72. The molecule has 0 saturated carbocycles. The molecular weight excluding hydrogens is 248 g/mol. The molecule has 2 aromatic heterocycles. The average molecular weight is 266 g/mol. The Morgan fingerprint density at radius 1 is 1.15 bits per heavy atom. The van der Waals surface area contributed by atoms with Gasteiger partial charge in [-0.2, -0.15) is 0 Å². The van der Waals surface area contributed by atoms with Gasteiger partial charge in [0.15, 0.2) is 5.82 Å². The van der Waals surface area contributed by atoms with Crippen LogP contribution >= 0.6 is 0 Å². The Hall–Kier alpha value is -2.20. The summed E-state index contributed by atoms with van der Waals surface area (Å²) in [6, 6.07) is 8.18. The number of aryl methyl sites for hydroxylation is 3. The van der Waals surface area contributed by atoms with Crippen LogP contribution in [0.3, 0.4) is 0 Å². The summed E-state index contributed by atoms with van der Waals surface area (Å²) in [5.41, 5.74) is 11.1. The second-order valence-electron chi connectivity index (χ2n) is 5.12. The monoisotopic (exact) mass is 266 g/mol. The SMILES string of the molecule is Cc1ccccc1-c1nc(C)c2c(CN)cn(C)c2n1. The zero-order chi connectivity index (χ0) is 14.3. The van der Waals surface area contributed by atoms with E-state index in [4.69, 9.17) is 10.7 Å². The highest BCUT2D eigenvalue weighted by Crippen LogP contribution is 2.26. The van der Waals surface area contributed by atoms with Gasteiger partial charge in [0, 0.05) is 30.7 Å². The van der Waals surface area contributed by atoms with E-state index in [2.05, 4.69) is 24.0 Å². The van der Waals surface area contributed by atoms with Gasteiger partial charge >= 0.3 is 0 Å². The molecule has 3 rings (SSSR count). The van der Waals surface area contributed by atoms with Crippen molar-refractivity contribution in [3.05, 3.63) is 47.3 Å². The maximum atomic E-state index is 5.80. The van der Waals surface area contributed by atoms with Crippen molar-refractivity contribution >= 4 is 11.0 Å². The smallest absolute Gasteiger partial charge is 0.162 e. The highest BCUT2D eigenvalue weighted by Gasteiger charge is 2.14. The fourth-order valence-electron chi connectivity index (χ4n) is 2.65. The molecule has 0 amide bonds. The summed E-state index contributed by atoms with van der Waals surface area (Å²) in [7, 11) is 2.00. The third kappa shape index (κ3) is 1.89. The molecule has 4 nitrogen and oxygen atoms in total. The van der Waals surface area contributed by atoms with Gasteiger partial charge in [-0.15, -0.1) is 0 Å². The molecule has 0 aliphatic carbocycles. The van der Waals surface area contributed by atoms with Crippen molar-refractivity contribution in [2.75, 3.05) is 0 Å². The largest absolute Gasteiger partial charge is 0.335 e. The maximum absolute atomic E-state index is 5.80. The van der Waals surface area contributed by atoms with Gasteiger partial charge in [0.05, 0.1) is 5.69 Å². The van der Waals surface area contributed by atoms with E-state index < -0.39 is 0 Å². The number of rotatable bonds is 2. The first-order valence-corrected chi connectivity index (χ1v) is 6.70. The number of aromatic nitrogens is 3. The van der Waals surface area contributed by atoms with E-state index in [-0.39, 0.29) is 0 Å². The number of benzene rings is 1. The van der Waals surface area contributed by atoms with Gasteiger partial charge < -0.3 is 10.3 Å². The van der Waals surface area contributed by atoms with Crippen LogP contribution in [0.15, 0.2) is 30.5 Å². The van der Waals surface area contributed by atoms with Crippen molar-refractivity contribution in [3.8, 4) is 11.4 Å². The van der Waals surface area contributed by atoms with Gasteiger partial charge in [-0.3, -0.25) is 0 Å². The van der Waals surface area contributed by atoms with E-state index in [9.17, 15) is 0 Å². The van der Waals surface area contributed by atoms with Crippen LogP contribution in [-0.2, 0) is 13.6 Å². The van der Waals surface area contributed by atoms with Crippen LogP contribution in [0.2, 0.25) is 0 Å². The Bertz CT molecular complexity index is 787. The first-order chi connectivity index (χ1) is 9.61. The van der Waals surface area contributed by atoms with Gasteiger partial charge in [-0.1, -0.05) is 24.3 Å². The lowest BCUT2D eigenvalue weighted by molar-refractivity contribution is 0.930. The Kier molecular flexibility index (Phi) is 3.03. The minimum absolute atomic E-state index is 0.505. The van der Waals surface area contributed by atoms with E-state index in [1.807, 2.05) is 36.9 Å². The van der Waals surface area contributed by atoms with E-state index >= 15 is 0 Å².